The molecule has 0 rings (SSSR count). The van der Waals surface area contributed by atoms with Crippen LogP contribution < -0.4 is 59.1 Å². The van der Waals surface area contributed by atoms with Crippen molar-refractivity contribution in [2.24, 2.45) is 0 Å². The van der Waals surface area contributed by atoms with Crippen molar-refractivity contribution in [3.8, 4) is 0 Å². The van der Waals surface area contributed by atoms with Gasteiger partial charge in [0.05, 0.1) is 12.8 Å². The van der Waals surface area contributed by atoms with Crippen molar-refractivity contribution >= 4 is 25.7 Å². The molecule has 0 amide bonds. The fourth-order valence-electron chi connectivity index (χ4n) is 0.714. The second kappa shape index (κ2) is 12.1. The number of aliphatic carboxylic acids is 3. The van der Waals surface area contributed by atoms with Gasteiger partial charge >= 0.3 is 84.8 Å². The molecule has 0 aromatic carbocycles. The Labute approximate surface area is 159 Å². The van der Waals surface area contributed by atoms with Gasteiger partial charge in [0, 0.05) is 0 Å². The molecule has 0 fully saturated rings. The molecule has 0 saturated heterocycles. The van der Waals surface area contributed by atoms with Crippen LogP contribution in [0.2, 0.25) is 0 Å². The topological polar surface area (TPSA) is 210 Å². The fraction of sp³-hybridized carbons (Fsp3) is 0.500. The van der Waals surface area contributed by atoms with E-state index in [0.717, 1.165) is 0 Å². The monoisotopic (exact) mass is 338 g/mol. The Morgan fingerprint density at radius 1 is 0.900 bits per heavy atom. The predicted octanol–water partition coefficient (Wildman–Crippen LogP) is -7.94. The number of hydrogen-bond donors (Lipinski definition) is 7. The molecule has 11 nitrogen and oxygen atoms in total. The molecule has 20 heavy (non-hydrogen) atoms. The van der Waals surface area contributed by atoms with Crippen LogP contribution in [0.5, 0.6) is 0 Å². The molecular formula is C6H13Na2O11P. The molecule has 0 atom stereocenters. The smallest absolute Gasteiger partial charge is 1.00 e. The van der Waals surface area contributed by atoms with Crippen LogP contribution in [-0.4, -0.2) is 58.6 Å². The standard InChI is InChI=1S/C6H8O7.2Na.H3O4P.2H/c7-3(8)1-6(13,5(11)12)2-4(9)10;;;1-5(2,3)4;;/h13H,1-2H2,(H,7,8)(H,9,10)(H,11,12);;;(H3,1,2,3,4);;/q;2*+1;;2*-1. The van der Waals surface area contributed by atoms with Crippen LogP contribution in [-0.2, 0) is 18.9 Å². The van der Waals surface area contributed by atoms with E-state index in [0.29, 0.717) is 0 Å². The summed E-state index contributed by atoms with van der Waals surface area (Å²) in [5.74, 6) is -5.02. The first-order chi connectivity index (χ1) is 7.78. The fourth-order valence-corrected chi connectivity index (χ4v) is 0.714. The van der Waals surface area contributed by atoms with Gasteiger partial charge < -0.3 is 38.0 Å². The number of aliphatic hydroxyl groups is 1. The molecule has 0 aromatic heterocycles. The van der Waals surface area contributed by atoms with Gasteiger partial charge in [-0.15, -0.1) is 0 Å². The molecular weight excluding hydrogens is 325 g/mol. The Kier molecular flexibility index (Phi) is 17.3. The third-order valence-corrected chi connectivity index (χ3v) is 1.29. The normalized spacial score (nSPS) is 10.0. The van der Waals surface area contributed by atoms with Crippen molar-refractivity contribution < 1.29 is 116 Å². The first-order valence-corrected chi connectivity index (χ1v) is 5.52. The molecule has 7 N–H and O–H groups in total. The minimum Gasteiger partial charge on any atom is -1.00 e. The summed E-state index contributed by atoms with van der Waals surface area (Å²) in [5.41, 5.74) is -2.74. The van der Waals surface area contributed by atoms with Gasteiger partial charge in [-0.3, -0.25) is 9.59 Å². The van der Waals surface area contributed by atoms with Crippen LogP contribution in [0.25, 0.3) is 0 Å². The van der Waals surface area contributed by atoms with Crippen molar-refractivity contribution in [2.75, 3.05) is 0 Å². The molecule has 0 unspecified atom stereocenters. The van der Waals surface area contributed by atoms with E-state index >= 15 is 0 Å². The van der Waals surface area contributed by atoms with E-state index in [4.69, 9.17) is 39.7 Å². The van der Waals surface area contributed by atoms with Crippen LogP contribution in [0.1, 0.15) is 15.7 Å². The van der Waals surface area contributed by atoms with Gasteiger partial charge in [-0.25, -0.2) is 9.36 Å². The summed E-state index contributed by atoms with van der Waals surface area (Å²) in [6, 6.07) is 0. The third-order valence-electron chi connectivity index (χ3n) is 1.29. The molecule has 0 spiro atoms. The van der Waals surface area contributed by atoms with E-state index in [-0.39, 0.29) is 62.0 Å². The number of rotatable bonds is 5. The zero-order chi connectivity index (χ0) is 15.1. The molecule has 110 valence electrons. The molecule has 14 heteroatoms. The summed E-state index contributed by atoms with van der Waals surface area (Å²) in [4.78, 5) is 52.0. The van der Waals surface area contributed by atoms with E-state index in [2.05, 4.69) is 0 Å². The van der Waals surface area contributed by atoms with Crippen LogP contribution >= 0.6 is 7.82 Å². The Balaban J connectivity index is -0.0000000627. The van der Waals surface area contributed by atoms with Gasteiger partial charge in [-0.2, -0.15) is 0 Å². The minimum absolute atomic E-state index is 0. The van der Waals surface area contributed by atoms with E-state index < -0.39 is 44.2 Å². The van der Waals surface area contributed by atoms with E-state index in [1.165, 1.54) is 0 Å². The van der Waals surface area contributed by atoms with Gasteiger partial charge in [0.2, 0.25) is 0 Å². The summed E-state index contributed by atoms with van der Waals surface area (Å²) in [5, 5.41) is 33.8. The van der Waals surface area contributed by atoms with Gasteiger partial charge in [0.1, 0.15) is 0 Å². The quantitative estimate of drug-likeness (QED) is 0.185. The van der Waals surface area contributed by atoms with Crippen LogP contribution in [0.4, 0.5) is 0 Å². The molecule has 0 aromatic rings. The number of carboxylic acid groups (broad SMARTS) is 3. The van der Waals surface area contributed by atoms with Crippen molar-refractivity contribution in [3.63, 3.8) is 0 Å². The first-order valence-electron chi connectivity index (χ1n) is 3.95. The van der Waals surface area contributed by atoms with Crippen molar-refractivity contribution in [1.82, 2.24) is 0 Å². The summed E-state index contributed by atoms with van der Waals surface area (Å²) in [6.45, 7) is 0. The molecule has 0 aliphatic heterocycles. The van der Waals surface area contributed by atoms with Gasteiger partial charge in [-0.05, 0) is 0 Å². The minimum atomic E-state index is -4.64. The van der Waals surface area contributed by atoms with E-state index in [1.807, 2.05) is 0 Å². The Morgan fingerprint density at radius 3 is 1.20 bits per heavy atom. The maximum atomic E-state index is 10.3. The Bertz CT molecular complexity index is 363. The number of carboxylic acids is 3. The van der Waals surface area contributed by atoms with Crippen molar-refractivity contribution in [2.45, 2.75) is 18.4 Å². The average Bonchev–Trinajstić information content (AvgIpc) is 1.95. The molecule has 0 saturated carbocycles. The molecule has 0 bridgehead atoms. The predicted molar refractivity (Wildman–Crippen MR) is 53.6 cm³/mol. The molecule has 0 aliphatic carbocycles. The Morgan fingerprint density at radius 2 is 1.10 bits per heavy atom. The van der Waals surface area contributed by atoms with E-state index in [9.17, 15) is 14.4 Å². The number of phosphoric acid groups is 1. The molecule has 0 heterocycles. The average molecular weight is 338 g/mol. The van der Waals surface area contributed by atoms with Crippen LogP contribution in [0.3, 0.4) is 0 Å². The van der Waals surface area contributed by atoms with Crippen LogP contribution in [0.15, 0.2) is 0 Å². The first kappa shape index (κ1) is 28.6. The van der Waals surface area contributed by atoms with Crippen molar-refractivity contribution in [3.05, 3.63) is 0 Å². The summed E-state index contributed by atoms with van der Waals surface area (Å²) >= 11 is 0. The zero-order valence-corrected chi connectivity index (χ0v) is 15.5. The SMILES string of the molecule is O=C(O)CC(O)(CC(=O)O)C(=O)O.O=P(O)(O)O.[H-].[H-].[Na+].[Na+]. The summed E-state index contributed by atoms with van der Waals surface area (Å²) < 4.78 is 8.88. The Hall–Kier alpha value is 0.480. The molecule has 0 aliphatic rings. The summed E-state index contributed by atoms with van der Waals surface area (Å²) in [6.07, 6.45) is -2.29. The second-order valence-corrected chi connectivity index (χ2v) is 4.02. The van der Waals surface area contributed by atoms with Gasteiger partial charge in [0.25, 0.3) is 0 Å². The maximum absolute atomic E-state index is 10.3. The third kappa shape index (κ3) is 20.8. The number of hydrogen-bond acceptors (Lipinski definition) is 5. The van der Waals surface area contributed by atoms with Crippen molar-refractivity contribution in [1.29, 1.82) is 0 Å². The van der Waals surface area contributed by atoms with E-state index in [1.54, 1.807) is 0 Å². The maximum Gasteiger partial charge on any atom is 1.00 e. The zero-order valence-electron chi connectivity index (χ0n) is 12.6. The largest absolute Gasteiger partial charge is 1.00 e. The van der Waals surface area contributed by atoms with Crippen LogP contribution in [0, 0.1) is 0 Å². The van der Waals surface area contributed by atoms with Gasteiger partial charge in [0.15, 0.2) is 5.60 Å². The van der Waals surface area contributed by atoms with Gasteiger partial charge in [-0.1, -0.05) is 0 Å². The number of carbonyl (C=O) groups is 3. The second-order valence-electron chi connectivity index (χ2n) is 2.99. The molecule has 0 radical (unpaired) electrons. The summed E-state index contributed by atoms with van der Waals surface area (Å²) in [7, 11) is -4.64.